The minimum atomic E-state index is -4.95. The molecule has 0 amide bonds. The average Bonchev–Trinajstić information content (AvgIpc) is 2.43. The molecular weight excluding hydrogens is 335 g/mol. The van der Waals surface area contributed by atoms with Gasteiger partial charge in [-0.3, -0.25) is 9.59 Å². The number of aromatic hydroxyl groups is 1. The minimum absolute atomic E-state index is 0. The van der Waals surface area contributed by atoms with Crippen molar-refractivity contribution in [3.8, 4) is 5.75 Å². The van der Waals surface area contributed by atoms with Gasteiger partial charge >= 0.3 is 29.6 Å². The predicted octanol–water partition coefficient (Wildman–Crippen LogP) is -2.75. The number of benzene rings is 2. The number of fused-ring (bicyclic) bond motifs is 2. The Labute approximate surface area is 153 Å². The quantitative estimate of drug-likeness (QED) is 0.374. The number of carbonyl (C=O) groups excluding carboxylic acids is 2. The average molecular weight is 344 g/mol. The minimum Gasteiger partial charge on any atom is -0.744 e. The number of hydrogen-bond donors (Lipinski definition) is 1. The van der Waals surface area contributed by atoms with Crippen molar-refractivity contribution in [2.75, 3.05) is 0 Å². The SMILES string of the molecule is O.O=C1c2ccccc2C(=O)c2cc(S(=O)(=O)[O-])c(O)cc21.[Na+]. The van der Waals surface area contributed by atoms with E-state index in [-0.39, 0.29) is 57.3 Å². The molecule has 0 atom stereocenters. The first kappa shape index (κ1) is 19.5. The number of rotatable bonds is 1. The Morgan fingerprint density at radius 2 is 1.30 bits per heavy atom. The molecule has 1 aliphatic rings. The number of ketones is 2. The van der Waals surface area contributed by atoms with Crippen molar-refractivity contribution in [3.05, 3.63) is 58.7 Å². The van der Waals surface area contributed by atoms with Gasteiger partial charge in [-0.15, -0.1) is 0 Å². The molecule has 3 N–H and O–H groups in total. The van der Waals surface area contributed by atoms with E-state index in [9.17, 15) is 27.7 Å². The van der Waals surface area contributed by atoms with E-state index in [1.54, 1.807) is 12.1 Å². The first-order valence-corrected chi connectivity index (χ1v) is 7.23. The zero-order valence-electron chi connectivity index (χ0n) is 11.9. The summed E-state index contributed by atoms with van der Waals surface area (Å²) in [7, 11) is -4.95. The number of hydrogen-bond acceptors (Lipinski definition) is 6. The maximum Gasteiger partial charge on any atom is 1.00 e. The second-order valence-corrected chi connectivity index (χ2v) is 5.87. The van der Waals surface area contributed by atoms with Gasteiger partial charge in [0, 0.05) is 22.3 Å². The van der Waals surface area contributed by atoms with Gasteiger partial charge in [-0.1, -0.05) is 24.3 Å². The molecule has 114 valence electrons. The topological polar surface area (TPSA) is 143 Å². The molecule has 23 heavy (non-hydrogen) atoms. The molecule has 0 aromatic heterocycles. The van der Waals surface area contributed by atoms with Crippen molar-refractivity contribution < 1.29 is 62.7 Å². The summed E-state index contributed by atoms with van der Waals surface area (Å²) in [5.41, 5.74) is -0.0170. The van der Waals surface area contributed by atoms with Gasteiger partial charge < -0.3 is 15.1 Å². The van der Waals surface area contributed by atoms with Gasteiger partial charge in [0.15, 0.2) is 11.6 Å². The van der Waals surface area contributed by atoms with E-state index in [4.69, 9.17) is 0 Å². The molecule has 7 nitrogen and oxygen atoms in total. The van der Waals surface area contributed by atoms with Crippen molar-refractivity contribution in [3.63, 3.8) is 0 Å². The van der Waals surface area contributed by atoms with Crippen molar-refractivity contribution in [2.24, 2.45) is 0 Å². The summed E-state index contributed by atoms with van der Waals surface area (Å²) in [6, 6.07) is 7.66. The van der Waals surface area contributed by atoms with Crippen LogP contribution in [0, 0.1) is 0 Å². The van der Waals surface area contributed by atoms with Gasteiger partial charge in [-0.25, -0.2) is 8.42 Å². The standard InChI is InChI=1S/C14H8O6S.Na.H2O/c15-11-5-9-10(6-12(11)21(18,19)20)14(17)8-4-2-1-3-7(8)13(9)16;;/h1-6,15H,(H,18,19,20);;1H2/q;+1;/p-1. The van der Waals surface area contributed by atoms with E-state index in [1.807, 2.05) is 0 Å². The zero-order chi connectivity index (χ0) is 15.4. The largest absolute Gasteiger partial charge is 1.00 e. The molecule has 0 saturated heterocycles. The number of carbonyl (C=O) groups is 2. The van der Waals surface area contributed by atoms with E-state index in [0.717, 1.165) is 12.1 Å². The Balaban J connectivity index is 0.00000132. The summed E-state index contributed by atoms with van der Waals surface area (Å²) in [5, 5.41) is 9.61. The van der Waals surface area contributed by atoms with Gasteiger partial charge in [-0.2, -0.15) is 0 Å². The molecule has 0 aliphatic heterocycles. The molecule has 0 heterocycles. The summed E-state index contributed by atoms with van der Waals surface area (Å²) >= 11 is 0. The molecule has 2 aromatic rings. The van der Waals surface area contributed by atoms with Crippen molar-refractivity contribution >= 4 is 21.7 Å². The molecule has 2 aromatic carbocycles. The Bertz CT molecular complexity index is 919. The molecule has 0 saturated carbocycles. The molecule has 0 bridgehead atoms. The van der Waals surface area contributed by atoms with Crippen molar-refractivity contribution in [2.45, 2.75) is 4.90 Å². The Hall–Kier alpha value is -1.55. The van der Waals surface area contributed by atoms with E-state index in [0.29, 0.717) is 0 Å². The first-order chi connectivity index (χ1) is 9.80. The van der Waals surface area contributed by atoms with Crippen LogP contribution in [0.3, 0.4) is 0 Å². The van der Waals surface area contributed by atoms with Crippen LogP contribution in [0.5, 0.6) is 5.75 Å². The van der Waals surface area contributed by atoms with E-state index < -0.39 is 32.3 Å². The molecule has 0 unspecified atom stereocenters. The molecule has 9 heteroatoms. The van der Waals surface area contributed by atoms with Crippen molar-refractivity contribution in [1.29, 1.82) is 0 Å². The van der Waals surface area contributed by atoms with Gasteiger partial charge in [0.1, 0.15) is 15.9 Å². The second kappa shape index (κ2) is 6.52. The van der Waals surface area contributed by atoms with Gasteiger partial charge in [-0.05, 0) is 12.1 Å². The van der Waals surface area contributed by atoms with Gasteiger partial charge in [0.2, 0.25) is 0 Å². The maximum atomic E-state index is 12.3. The van der Waals surface area contributed by atoms with E-state index in [2.05, 4.69) is 0 Å². The fraction of sp³-hybridized carbons (Fsp3) is 0. The van der Waals surface area contributed by atoms with Crippen LogP contribution in [0.1, 0.15) is 31.8 Å². The molecule has 0 fully saturated rings. The Kier molecular flexibility index (Phi) is 5.53. The zero-order valence-corrected chi connectivity index (χ0v) is 14.7. The summed E-state index contributed by atoms with van der Waals surface area (Å²) < 4.78 is 33.2. The van der Waals surface area contributed by atoms with E-state index >= 15 is 0 Å². The fourth-order valence-electron chi connectivity index (χ4n) is 2.31. The molecule has 1 aliphatic carbocycles. The maximum absolute atomic E-state index is 12.3. The Morgan fingerprint density at radius 1 is 0.870 bits per heavy atom. The van der Waals surface area contributed by atoms with Gasteiger partial charge in [0.25, 0.3) is 0 Å². The fourth-order valence-corrected chi connectivity index (χ4v) is 2.89. The molecule has 0 spiro atoms. The first-order valence-electron chi connectivity index (χ1n) is 5.82. The summed E-state index contributed by atoms with van der Waals surface area (Å²) in [6.07, 6.45) is 0. The third-order valence-corrected chi connectivity index (χ3v) is 4.14. The third kappa shape index (κ3) is 3.09. The van der Waals surface area contributed by atoms with Crippen LogP contribution in [-0.4, -0.2) is 35.1 Å². The predicted molar refractivity (Wildman–Crippen MR) is 73.0 cm³/mol. The van der Waals surface area contributed by atoms with Crippen LogP contribution >= 0.6 is 0 Å². The van der Waals surface area contributed by atoms with Crippen LogP contribution in [0.2, 0.25) is 0 Å². The second-order valence-electron chi connectivity index (χ2n) is 4.52. The number of phenolic OH excluding ortho intramolecular Hbond substituents is 1. The third-order valence-electron chi connectivity index (χ3n) is 3.27. The van der Waals surface area contributed by atoms with Crippen LogP contribution in [0.15, 0.2) is 41.3 Å². The van der Waals surface area contributed by atoms with Crippen LogP contribution < -0.4 is 29.6 Å². The summed E-state index contributed by atoms with van der Waals surface area (Å²) in [4.78, 5) is 23.7. The molecule has 0 radical (unpaired) electrons. The van der Waals surface area contributed by atoms with Crippen molar-refractivity contribution in [1.82, 2.24) is 0 Å². The van der Waals surface area contributed by atoms with Crippen LogP contribution in [0.4, 0.5) is 0 Å². The van der Waals surface area contributed by atoms with Crippen LogP contribution in [0.25, 0.3) is 0 Å². The smallest absolute Gasteiger partial charge is 0.744 e. The van der Waals surface area contributed by atoms with Crippen LogP contribution in [-0.2, 0) is 10.1 Å². The Morgan fingerprint density at radius 3 is 1.74 bits per heavy atom. The number of phenols is 1. The summed E-state index contributed by atoms with van der Waals surface area (Å²) in [6.45, 7) is 0. The summed E-state index contributed by atoms with van der Waals surface area (Å²) in [5.74, 6) is -1.92. The van der Waals surface area contributed by atoms with E-state index in [1.165, 1.54) is 12.1 Å². The van der Waals surface area contributed by atoms with Gasteiger partial charge in [0.05, 0.1) is 4.90 Å². The monoisotopic (exact) mass is 344 g/mol. The normalized spacial score (nSPS) is 12.6. The molecule has 3 rings (SSSR count). The molecular formula is C14H9NaO7S.